The second-order valence-electron chi connectivity index (χ2n) is 17.3. The fraction of sp³-hybridized carbons (Fsp3) is 0.636. The van der Waals surface area contributed by atoms with Crippen molar-refractivity contribution in [2.24, 2.45) is 23.1 Å². The number of benzene rings is 1. The van der Waals surface area contributed by atoms with Crippen molar-refractivity contribution in [3.8, 4) is 0 Å². The van der Waals surface area contributed by atoms with Gasteiger partial charge >= 0.3 is 5.97 Å². The third kappa shape index (κ3) is 20.0. The van der Waals surface area contributed by atoms with Crippen LogP contribution in [-0.2, 0) is 59.1 Å². The Kier molecular flexibility index (Phi) is 25.9. The molecule has 0 spiro atoms. The maximum atomic E-state index is 14.2. The molecule has 1 saturated heterocycles. The lowest BCUT2D eigenvalue weighted by Crippen LogP contribution is -2.61. The number of amides is 9. The van der Waals surface area contributed by atoms with E-state index in [1.165, 1.54) is 6.92 Å². The number of esters is 1. The van der Waals surface area contributed by atoms with E-state index in [1.807, 2.05) is 0 Å². The van der Waals surface area contributed by atoms with E-state index in [0.29, 0.717) is 5.56 Å². The Morgan fingerprint density at radius 2 is 1.16 bits per heavy atom. The number of carbonyl (C=O) groups excluding carboxylic acids is 10. The summed E-state index contributed by atoms with van der Waals surface area (Å²) in [6, 6.07) is -3.52. The molecule has 1 aromatic carbocycles. The smallest absolute Gasteiger partial charge is 0.332 e. The van der Waals surface area contributed by atoms with Crippen molar-refractivity contribution in [1.29, 1.82) is 0 Å². The second kappa shape index (κ2) is 30.3. The SMILES string of the molecule is CC(=O)N[C@H](C(=O)O[C@H](CO)C(=O)N[C@H]1CCNC(=O)[C@H]([C@@H](C)O)NC(=O)[C@H](CCN)NC(=O)[C@H](CCN)NC(=O)[C@H](CC(C)C)NC(=O)[C@@H](Cc2ccccc2)NC(=O)[C@H](CCN)NC1=O)[C@@H](C)O. The highest BCUT2D eigenvalue weighted by molar-refractivity contribution is 5.98. The zero-order valence-corrected chi connectivity index (χ0v) is 40.2. The lowest BCUT2D eigenvalue weighted by Gasteiger charge is -2.28. The zero-order valence-electron chi connectivity index (χ0n) is 40.2. The van der Waals surface area contributed by atoms with E-state index < -0.39 is 145 Å². The van der Waals surface area contributed by atoms with Crippen molar-refractivity contribution in [2.45, 2.75) is 140 Å². The summed E-state index contributed by atoms with van der Waals surface area (Å²) in [5.41, 5.74) is 18.0. The molecule has 70 heavy (non-hydrogen) atoms. The lowest BCUT2D eigenvalue weighted by molar-refractivity contribution is -0.163. The summed E-state index contributed by atoms with van der Waals surface area (Å²) < 4.78 is 5.09. The number of carbonyl (C=O) groups is 10. The van der Waals surface area contributed by atoms with Gasteiger partial charge in [0.05, 0.1) is 18.8 Å². The summed E-state index contributed by atoms with van der Waals surface area (Å²) >= 11 is 0. The van der Waals surface area contributed by atoms with E-state index >= 15 is 0 Å². The Hall–Kier alpha value is -6.32. The van der Waals surface area contributed by atoms with Gasteiger partial charge in [0, 0.05) is 19.9 Å². The number of rotatable bonds is 18. The predicted molar refractivity (Wildman–Crippen MR) is 250 cm³/mol. The van der Waals surface area contributed by atoms with Gasteiger partial charge in [-0.05, 0) is 77.1 Å². The van der Waals surface area contributed by atoms with Crippen LogP contribution in [0.4, 0.5) is 0 Å². The highest BCUT2D eigenvalue weighted by Gasteiger charge is 2.37. The predicted octanol–water partition coefficient (Wildman–Crippen LogP) is -6.59. The quantitative estimate of drug-likeness (QED) is 0.0608. The fourth-order valence-corrected chi connectivity index (χ4v) is 7.05. The molecule has 26 nitrogen and oxygen atoms in total. The summed E-state index contributed by atoms with van der Waals surface area (Å²) in [6.07, 6.45) is -6.21. The van der Waals surface area contributed by atoms with Gasteiger partial charge in [0.2, 0.25) is 53.4 Å². The molecule has 18 N–H and O–H groups in total. The Morgan fingerprint density at radius 1 is 0.686 bits per heavy atom. The molecule has 0 aliphatic carbocycles. The van der Waals surface area contributed by atoms with E-state index in [0.717, 1.165) is 13.8 Å². The Bertz CT molecular complexity index is 1940. The van der Waals surface area contributed by atoms with Gasteiger partial charge in [-0.15, -0.1) is 0 Å². The molecule has 0 aromatic heterocycles. The molecule has 11 atom stereocenters. The van der Waals surface area contributed by atoms with Crippen molar-refractivity contribution in [3.05, 3.63) is 35.9 Å². The van der Waals surface area contributed by atoms with Crippen molar-refractivity contribution in [1.82, 2.24) is 47.9 Å². The third-order valence-corrected chi connectivity index (χ3v) is 10.8. The van der Waals surface area contributed by atoms with Crippen molar-refractivity contribution >= 4 is 59.1 Å². The molecule has 26 heteroatoms. The van der Waals surface area contributed by atoms with Gasteiger partial charge < -0.3 is 85.1 Å². The molecule has 1 aliphatic rings. The van der Waals surface area contributed by atoms with E-state index in [1.54, 1.807) is 44.2 Å². The molecular weight excluding hydrogens is 921 g/mol. The number of hydrogen-bond acceptors (Lipinski definition) is 17. The first kappa shape index (κ1) is 59.8. The first-order valence-corrected chi connectivity index (χ1v) is 23.1. The number of ether oxygens (including phenoxy) is 1. The Balaban J connectivity index is 2.73. The summed E-state index contributed by atoms with van der Waals surface area (Å²) in [7, 11) is 0. The molecule has 9 amide bonds. The van der Waals surface area contributed by atoms with Gasteiger partial charge in [-0.2, -0.15) is 0 Å². The van der Waals surface area contributed by atoms with Gasteiger partial charge in [0.25, 0.3) is 5.91 Å². The minimum Gasteiger partial charge on any atom is -0.448 e. The number of aliphatic hydroxyl groups is 3. The van der Waals surface area contributed by atoms with Crippen molar-refractivity contribution < 1.29 is 68.0 Å². The van der Waals surface area contributed by atoms with Crippen LogP contribution in [0, 0.1) is 5.92 Å². The number of nitrogens with one attached hydrogen (secondary N) is 9. The van der Waals surface area contributed by atoms with Crippen LogP contribution >= 0.6 is 0 Å². The molecular formula is C44H72N12O14. The molecule has 1 heterocycles. The van der Waals surface area contributed by atoms with E-state index in [2.05, 4.69) is 47.9 Å². The van der Waals surface area contributed by atoms with Crippen LogP contribution in [0.2, 0.25) is 0 Å². The monoisotopic (exact) mass is 993 g/mol. The van der Waals surface area contributed by atoms with Crippen LogP contribution in [0.15, 0.2) is 30.3 Å². The first-order chi connectivity index (χ1) is 33.1. The highest BCUT2D eigenvalue weighted by Crippen LogP contribution is 2.11. The van der Waals surface area contributed by atoms with Crippen LogP contribution in [0.25, 0.3) is 0 Å². The third-order valence-electron chi connectivity index (χ3n) is 10.8. The van der Waals surface area contributed by atoms with Crippen LogP contribution in [0.1, 0.15) is 72.3 Å². The van der Waals surface area contributed by atoms with Gasteiger partial charge in [-0.3, -0.25) is 43.2 Å². The molecule has 0 bridgehead atoms. The second-order valence-corrected chi connectivity index (χ2v) is 17.3. The average Bonchev–Trinajstić information content (AvgIpc) is 3.29. The molecule has 2 rings (SSSR count). The molecule has 0 saturated carbocycles. The van der Waals surface area contributed by atoms with E-state index in [9.17, 15) is 63.3 Å². The minimum atomic E-state index is -2.03. The van der Waals surface area contributed by atoms with Crippen molar-refractivity contribution in [2.75, 3.05) is 32.8 Å². The average molecular weight is 993 g/mol. The maximum absolute atomic E-state index is 14.2. The molecule has 1 fully saturated rings. The number of hydrogen-bond donors (Lipinski definition) is 15. The van der Waals surface area contributed by atoms with Crippen LogP contribution in [-0.4, -0.2) is 174 Å². The van der Waals surface area contributed by atoms with E-state index in [-0.39, 0.29) is 57.7 Å². The number of nitrogens with two attached hydrogens (primary N) is 3. The molecule has 0 radical (unpaired) electrons. The minimum absolute atomic E-state index is 0.0489. The molecule has 1 aliphatic heterocycles. The van der Waals surface area contributed by atoms with E-state index in [4.69, 9.17) is 21.9 Å². The summed E-state index contributed by atoms with van der Waals surface area (Å²) in [6.45, 7) is 4.85. The zero-order chi connectivity index (χ0) is 52.7. The molecule has 1 aromatic rings. The summed E-state index contributed by atoms with van der Waals surface area (Å²) in [4.78, 5) is 136. The topological polar surface area (TPSA) is 427 Å². The maximum Gasteiger partial charge on any atom is 0.332 e. The molecule has 392 valence electrons. The fourth-order valence-electron chi connectivity index (χ4n) is 7.05. The number of aliphatic hydroxyl groups excluding tert-OH is 3. The van der Waals surface area contributed by atoms with Crippen LogP contribution in [0.5, 0.6) is 0 Å². The van der Waals surface area contributed by atoms with Crippen molar-refractivity contribution in [3.63, 3.8) is 0 Å². The van der Waals surface area contributed by atoms with Gasteiger partial charge in [-0.25, -0.2) is 4.79 Å². The lowest BCUT2D eigenvalue weighted by atomic mass is 10.00. The van der Waals surface area contributed by atoms with Gasteiger partial charge in [0.15, 0.2) is 6.04 Å². The van der Waals surface area contributed by atoms with Crippen LogP contribution in [0.3, 0.4) is 0 Å². The Morgan fingerprint density at radius 3 is 1.63 bits per heavy atom. The summed E-state index contributed by atoms with van der Waals surface area (Å²) in [5, 5.41) is 52.9. The highest BCUT2D eigenvalue weighted by atomic mass is 16.6. The van der Waals surface area contributed by atoms with Gasteiger partial charge in [-0.1, -0.05) is 44.2 Å². The first-order valence-electron chi connectivity index (χ1n) is 23.1. The van der Waals surface area contributed by atoms with Crippen LogP contribution < -0.4 is 65.1 Å². The largest absolute Gasteiger partial charge is 0.448 e. The van der Waals surface area contributed by atoms with Gasteiger partial charge in [0.1, 0.15) is 42.3 Å². The molecule has 0 unspecified atom stereocenters. The Labute approximate surface area is 405 Å². The summed E-state index contributed by atoms with van der Waals surface area (Å²) in [5.74, 6) is -10.0. The standard InChI is InChI=1S/C44H72N12O14/c1-22(2)19-31-40(65)52-27(11-15-45)36(61)51-29(13-17-47)39(64)56-34(23(3)58)43(68)48-18-14-30(53-42(67)33(21-57)70-44(69)35(24(4)59)49-25(5)60)38(63)50-28(12-16-46)37(62)55-32(41(66)54-31)20-26-9-7-6-8-10-26/h6-10,22-24,27-35,57-59H,11-21,45-47H2,1-5H3,(H,48,68)(H,49,60)(H,50,63)(H,51,61)(H,52,65)(H,53,67)(H,54,66)(H,55,62)(H,56,64)/t23-,24-,27+,28+,29+,30+,31+,32-,33-,34+,35+/m1/s1. The normalized spacial score (nSPS) is 24.4.